The molecule has 27 heavy (non-hydrogen) atoms. The standard InChI is InChI=1S/C21H21N3O2S/c1-3-15-4-6-16(7-5-15)19-12-13-21(24-23-19)27-14-20(25)22-17-8-10-18(26-2)11-9-17/h4-13H,3,14H2,1-2H3,(H,22,25). The monoisotopic (exact) mass is 379 g/mol. The minimum absolute atomic E-state index is 0.0915. The first kappa shape index (κ1) is 18.9. The highest BCUT2D eigenvalue weighted by atomic mass is 32.2. The smallest absolute Gasteiger partial charge is 0.234 e. The molecule has 1 N–H and O–H groups in total. The molecule has 0 spiro atoms. The highest BCUT2D eigenvalue weighted by Crippen LogP contribution is 2.21. The summed E-state index contributed by atoms with van der Waals surface area (Å²) in [5.41, 5.74) is 3.89. The SMILES string of the molecule is CCc1ccc(-c2ccc(SCC(=O)Nc3ccc(OC)cc3)nn2)cc1. The Labute approximate surface area is 163 Å². The van der Waals surface area contributed by atoms with Crippen LogP contribution in [0.4, 0.5) is 5.69 Å². The molecule has 0 bridgehead atoms. The van der Waals surface area contributed by atoms with Crippen molar-refractivity contribution in [3.05, 3.63) is 66.2 Å². The molecule has 0 saturated carbocycles. The lowest BCUT2D eigenvalue weighted by Crippen LogP contribution is -2.14. The lowest BCUT2D eigenvalue weighted by Gasteiger charge is -2.06. The molecule has 1 heterocycles. The van der Waals surface area contributed by atoms with Crippen LogP contribution >= 0.6 is 11.8 Å². The Morgan fingerprint density at radius 3 is 2.33 bits per heavy atom. The molecule has 5 nitrogen and oxygen atoms in total. The third-order valence-electron chi connectivity index (χ3n) is 4.02. The number of nitrogens with one attached hydrogen (secondary N) is 1. The van der Waals surface area contributed by atoms with Crippen LogP contribution in [0.5, 0.6) is 5.75 Å². The van der Waals surface area contributed by atoms with Gasteiger partial charge in [0.05, 0.1) is 18.6 Å². The van der Waals surface area contributed by atoms with E-state index in [4.69, 9.17) is 4.74 Å². The van der Waals surface area contributed by atoms with E-state index in [1.807, 2.05) is 12.1 Å². The fraction of sp³-hybridized carbons (Fsp3) is 0.190. The Balaban J connectivity index is 1.53. The second kappa shape index (κ2) is 9.19. The predicted octanol–water partition coefficient (Wildman–Crippen LogP) is 4.45. The van der Waals surface area contributed by atoms with Crippen molar-refractivity contribution in [2.24, 2.45) is 0 Å². The fourth-order valence-corrected chi connectivity index (χ4v) is 3.09. The maximum absolute atomic E-state index is 12.1. The van der Waals surface area contributed by atoms with Gasteiger partial charge >= 0.3 is 0 Å². The number of benzene rings is 2. The molecule has 2 aromatic carbocycles. The van der Waals surface area contributed by atoms with Crippen LogP contribution < -0.4 is 10.1 Å². The van der Waals surface area contributed by atoms with Crippen molar-refractivity contribution in [3.63, 3.8) is 0 Å². The van der Waals surface area contributed by atoms with Crippen LogP contribution in [0.25, 0.3) is 11.3 Å². The molecule has 0 unspecified atom stereocenters. The van der Waals surface area contributed by atoms with Crippen molar-refractivity contribution < 1.29 is 9.53 Å². The van der Waals surface area contributed by atoms with Crippen LogP contribution in [0.15, 0.2) is 65.7 Å². The molecule has 138 valence electrons. The molecule has 1 aromatic heterocycles. The first-order chi connectivity index (χ1) is 13.2. The van der Waals surface area contributed by atoms with E-state index in [0.717, 1.165) is 29.1 Å². The number of thioether (sulfide) groups is 1. The van der Waals surface area contributed by atoms with Gasteiger partial charge in [0.1, 0.15) is 10.8 Å². The van der Waals surface area contributed by atoms with E-state index < -0.39 is 0 Å². The van der Waals surface area contributed by atoms with Gasteiger partial charge < -0.3 is 10.1 Å². The van der Waals surface area contributed by atoms with Crippen molar-refractivity contribution in [1.82, 2.24) is 10.2 Å². The van der Waals surface area contributed by atoms with E-state index in [0.29, 0.717) is 5.03 Å². The Hall–Kier alpha value is -2.86. The number of hydrogen-bond acceptors (Lipinski definition) is 5. The lowest BCUT2D eigenvalue weighted by atomic mass is 10.1. The first-order valence-electron chi connectivity index (χ1n) is 8.67. The topological polar surface area (TPSA) is 64.1 Å². The van der Waals surface area contributed by atoms with Gasteiger partial charge in [-0.05, 0) is 48.4 Å². The zero-order chi connectivity index (χ0) is 19.1. The number of amides is 1. The zero-order valence-electron chi connectivity index (χ0n) is 15.3. The van der Waals surface area contributed by atoms with Gasteiger partial charge in [0.2, 0.25) is 5.91 Å². The molecule has 6 heteroatoms. The summed E-state index contributed by atoms with van der Waals surface area (Å²) in [6.45, 7) is 2.13. The van der Waals surface area contributed by atoms with Crippen LogP contribution in [0.2, 0.25) is 0 Å². The maximum Gasteiger partial charge on any atom is 0.234 e. The van der Waals surface area contributed by atoms with E-state index in [-0.39, 0.29) is 11.7 Å². The molecule has 3 rings (SSSR count). The lowest BCUT2D eigenvalue weighted by molar-refractivity contribution is -0.113. The molecule has 1 amide bonds. The summed E-state index contributed by atoms with van der Waals surface area (Å²) in [6.07, 6.45) is 1.01. The van der Waals surface area contributed by atoms with Gasteiger partial charge in [-0.2, -0.15) is 0 Å². The van der Waals surface area contributed by atoms with Crippen molar-refractivity contribution >= 4 is 23.4 Å². The molecule has 0 aliphatic heterocycles. The third-order valence-corrected chi connectivity index (χ3v) is 4.94. The minimum Gasteiger partial charge on any atom is -0.497 e. The van der Waals surface area contributed by atoms with E-state index in [2.05, 4.69) is 46.7 Å². The van der Waals surface area contributed by atoms with E-state index in [9.17, 15) is 4.79 Å². The van der Waals surface area contributed by atoms with Gasteiger partial charge in [-0.1, -0.05) is 43.0 Å². The van der Waals surface area contributed by atoms with E-state index >= 15 is 0 Å². The van der Waals surface area contributed by atoms with Crippen molar-refractivity contribution in [3.8, 4) is 17.0 Å². The van der Waals surface area contributed by atoms with Crippen LogP contribution in [0, 0.1) is 0 Å². The Morgan fingerprint density at radius 2 is 1.74 bits per heavy atom. The summed E-state index contributed by atoms with van der Waals surface area (Å²) < 4.78 is 5.10. The molecule has 0 fully saturated rings. The van der Waals surface area contributed by atoms with Crippen LogP contribution in [0.1, 0.15) is 12.5 Å². The number of methoxy groups -OCH3 is 1. The second-order valence-corrected chi connectivity index (χ2v) is 6.87. The van der Waals surface area contributed by atoms with Gasteiger partial charge in [0.25, 0.3) is 0 Å². The number of anilines is 1. The average Bonchev–Trinajstić information content (AvgIpc) is 2.73. The first-order valence-corrected chi connectivity index (χ1v) is 9.66. The summed E-state index contributed by atoms with van der Waals surface area (Å²) in [5.74, 6) is 0.930. The number of carbonyl (C=O) groups is 1. The van der Waals surface area contributed by atoms with Crippen molar-refractivity contribution in [2.45, 2.75) is 18.4 Å². The summed E-state index contributed by atoms with van der Waals surface area (Å²) in [4.78, 5) is 12.1. The molecule has 0 aliphatic carbocycles. The molecule has 0 radical (unpaired) electrons. The number of rotatable bonds is 7. The molecule has 0 aliphatic rings. The highest BCUT2D eigenvalue weighted by Gasteiger charge is 2.06. The van der Waals surface area contributed by atoms with Gasteiger partial charge in [0.15, 0.2) is 0 Å². The molecular weight excluding hydrogens is 358 g/mol. The molecule has 0 atom stereocenters. The normalized spacial score (nSPS) is 10.4. The molecule has 3 aromatic rings. The number of carbonyl (C=O) groups excluding carboxylic acids is 1. The summed E-state index contributed by atoms with van der Waals surface area (Å²) in [5, 5.41) is 12.0. The third kappa shape index (κ3) is 5.31. The Kier molecular flexibility index (Phi) is 6.44. The Bertz CT molecular complexity index is 879. The van der Waals surface area contributed by atoms with Crippen molar-refractivity contribution in [1.29, 1.82) is 0 Å². The van der Waals surface area contributed by atoms with E-state index in [1.54, 1.807) is 31.4 Å². The van der Waals surface area contributed by atoms with Gasteiger partial charge in [-0.25, -0.2) is 0 Å². The number of aromatic nitrogens is 2. The molecular formula is C21H21N3O2S. The van der Waals surface area contributed by atoms with Crippen LogP contribution in [-0.2, 0) is 11.2 Å². The van der Waals surface area contributed by atoms with Gasteiger partial charge in [-0.15, -0.1) is 10.2 Å². The van der Waals surface area contributed by atoms with Gasteiger partial charge in [0, 0.05) is 11.3 Å². The number of aryl methyl sites for hydroxylation is 1. The largest absolute Gasteiger partial charge is 0.497 e. The van der Waals surface area contributed by atoms with E-state index in [1.165, 1.54) is 17.3 Å². The Morgan fingerprint density at radius 1 is 1.00 bits per heavy atom. The van der Waals surface area contributed by atoms with Crippen molar-refractivity contribution in [2.75, 3.05) is 18.2 Å². The van der Waals surface area contributed by atoms with Crippen LogP contribution in [0.3, 0.4) is 0 Å². The second-order valence-electron chi connectivity index (χ2n) is 5.87. The summed E-state index contributed by atoms with van der Waals surface area (Å²) in [7, 11) is 1.61. The minimum atomic E-state index is -0.0915. The average molecular weight is 379 g/mol. The number of ether oxygens (including phenoxy) is 1. The predicted molar refractivity (Wildman–Crippen MR) is 109 cm³/mol. The highest BCUT2D eigenvalue weighted by molar-refractivity contribution is 7.99. The maximum atomic E-state index is 12.1. The number of nitrogens with zero attached hydrogens (tertiary/aromatic N) is 2. The zero-order valence-corrected chi connectivity index (χ0v) is 16.1. The number of hydrogen-bond donors (Lipinski definition) is 1. The summed E-state index contributed by atoms with van der Waals surface area (Å²) in [6, 6.07) is 19.3. The quantitative estimate of drug-likeness (QED) is 0.615. The molecule has 0 saturated heterocycles. The summed E-state index contributed by atoms with van der Waals surface area (Å²) >= 11 is 1.36. The fourth-order valence-electron chi connectivity index (χ4n) is 2.47. The van der Waals surface area contributed by atoms with Crippen LogP contribution in [-0.4, -0.2) is 29.0 Å². The van der Waals surface area contributed by atoms with Gasteiger partial charge in [-0.3, -0.25) is 4.79 Å².